The SMILES string of the molecule is CCc1ccc(NC(=O)c2sc3ncn(CC(=O)Nc4cccc(C(F)(F)F)c4)c(=O)c3c2C)cc1. The van der Waals surface area contributed by atoms with Crippen LogP contribution < -0.4 is 16.2 Å². The lowest BCUT2D eigenvalue weighted by atomic mass is 10.1. The van der Waals surface area contributed by atoms with Crippen LogP contribution >= 0.6 is 11.3 Å². The molecule has 0 aliphatic heterocycles. The predicted molar refractivity (Wildman–Crippen MR) is 132 cm³/mol. The number of hydrogen-bond donors (Lipinski definition) is 2. The summed E-state index contributed by atoms with van der Waals surface area (Å²) in [5.74, 6) is -1.08. The second-order valence-corrected chi connectivity index (χ2v) is 9.04. The highest BCUT2D eigenvalue weighted by Gasteiger charge is 2.30. The molecule has 0 fully saturated rings. The molecule has 0 saturated heterocycles. The van der Waals surface area contributed by atoms with E-state index in [1.807, 2.05) is 19.1 Å². The summed E-state index contributed by atoms with van der Waals surface area (Å²) >= 11 is 1.06. The molecule has 0 saturated carbocycles. The number of alkyl halides is 3. The fourth-order valence-corrected chi connectivity index (χ4v) is 4.66. The third-order valence-corrected chi connectivity index (χ3v) is 6.73. The number of hydrogen-bond acceptors (Lipinski definition) is 5. The molecule has 0 bridgehead atoms. The normalized spacial score (nSPS) is 11.5. The molecule has 0 aliphatic rings. The van der Waals surface area contributed by atoms with E-state index < -0.39 is 29.8 Å². The first kappa shape index (κ1) is 25.1. The number of rotatable bonds is 6. The Kier molecular flexibility index (Phi) is 6.93. The van der Waals surface area contributed by atoms with Gasteiger partial charge in [0, 0.05) is 11.4 Å². The van der Waals surface area contributed by atoms with Gasteiger partial charge in [-0.2, -0.15) is 13.2 Å². The van der Waals surface area contributed by atoms with E-state index in [0.29, 0.717) is 21.0 Å². The highest BCUT2D eigenvalue weighted by Crippen LogP contribution is 2.31. The van der Waals surface area contributed by atoms with Crippen molar-refractivity contribution in [2.45, 2.75) is 33.0 Å². The Hall–Kier alpha value is -3.99. The minimum absolute atomic E-state index is 0.0467. The van der Waals surface area contributed by atoms with Gasteiger partial charge in [0.25, 0.3) is 11.5 Å². The second-order valence-electron chi connectivity index (χ2n) is 8.05. The van der Waals surface area contributed by atoms with Gasteiger partial charge in [-0.05, 0) is 54.8 Å². The van der Waals surface area contributed by atoms with Gasteiger partial charge in [0.2, 0.25) is 5.91 Å². The van der Waals surface area contributed by atoms with Gasteiger partial charge < -0.3 is 10.6 Å². The summed E-state index contributed by atoms with van der Waals surface area (Å²) in [5, 5.41) is 5.38. The van der Waals surface area contributed by atoms with Crippen LogP contribution in [0.5, 0.6) is 0 Å². The van der Waals surface area contributed by atoms with E-state index in [2.05, 4.69) is 15.6 Å². The maximum absolute atomic E-state index is 13.1. The molecule has 2 aromatic carbocycles. The van der Waals surface area contributed by atoms with Gasteiger partial charge in [-0.3, -0.25) is 19.0 Å². The van der Waals surface area contributed by atoms with Crippen molar-refractivity contribution in [2.24, 2.45) is 0 Å². The van der Waals surface area contributed by atoms with Crippen LogP contribution in [0.15, 0.2) is 59.7 Å². The minimum atomic E-state index is -4.55. The molecule has 2 aromatic heterocycles. The van der Waals surface area contributed by atoms with E-state index in [1.165, 1.54) is 18.5 Å². The number of benzene rings is 2. The van der Waals surface area contributed by atoms with Crippen molar-refractivity contribution in [3.05, 3.63) is 86.8 Å². The van der Waals surface area contributed by atoms with Crippen molar-refractivity contribution < 1.29 is 22.8 Å². The Morgan fingerprint density at radius 2 is 1.78 bits per heavy atom. The van der Waals surface area contributed by atoms with Crippen molar-refractivity contribution in [1.82, 2.24) is 9.55 Å². The lowest BCUT2D eigenvalue weighted by molar-refractivity contribution is -0.137. The number of nitrogens with zero attached hydrogens (tertiary/aromatic N) is 2. The highest BCUT2D eigenvalue weighted by atomic mass is 32.1. The number of carbonyl (C=O) groups excluding carboxylic acids is 2. The number of aryl methyl sites for hydroxylation is 2. The molecule has 4 rings (SSSR count). The van der Waals surface area contributed by atoms with E-state index in [-0.39, 0.29) is 17.0 Å². The van der Waals surface area contributed by atoms with Crippen LogP contribution in [0.2, 0.25) is 0 Å². The van der Waals surface area contributed by atoms with Crippen molar-refractivity contribution in [2.75, 3.05) is 10.6 Å². The minimum Gasteiger partial charge on any atom is -0.325 e. The van der Waals surface area contributed by atoms with Crippen molar-refractivity contribution in [3.63, 3.8) is 0 Å². The summed E-state index contributed by atoms with van der Waals surface area (Å²) in [7, 11) is 0. The van der Waals surface area contributed by atoms with Crippen LogP contribution in [-0.4, -0.2) is 21.4 Å². The lowest BCUT2D eigenvalue weighted by Gasteiger charge is -2.10. The Balaban J connectivity index is 1.54. The van der Waals surface area contributed by atoms with Crippen LogP contribution in [0.4, 0.5) is 24.5 Å². The van der Waals surface area contributed by atoms with Crippen molar-refractivity contribution >= 4 is 44.7 Å². The van der Waals surface area contributed by atoms with Crippen molar-refractivity contribution in [3.8, 4) is 0 Å². The fraction of sp³-hybridized carbons (Fsp3) is 0.200. The first-order chi connectivity index (χ1) is 17.1. The summed E-state index contributed by atoms with van der Waals surface area (Å²) in [6, 6.07) is 11.6. The average Bonchev–Trinajstić information content (AvgIpc) is 3.18. The third kappa shape index (κ3) is 5.30. The largest absolute Gasteiger partial charge is 0.416 e. The van der Waals surface area contributed by atoms with Gasteiger partial charge in [0.1, 0.15) is 11.4 Å². The lowest BCUT2D eigenvalue weighted by Crippen LogP contribution is -2.28. The van der Waals surface area contributed by atoms with Crippen LogP contribution in [0, 0.1) is 6.92 Å². The number of thiophene rings is 1. The van der Waals surface area contributed by atoms with Crippen LogP contribution in [0.1, 0.15) is 33.3 Å². The zero-order valence-electron chi connectivity index (χ0n) is 19.3. The standard InChI is InChI=1S/C25H21F3N4O3S/c1-3-15-7-9-17(10-8-15)31-22(34)21-14(2)20-23(36-21)29-13-32(24(20)35)12-19(33)30-18-6-4-5-16(11-18)25(26,27)28/h4-11,13H,3,12H2,1-2H3,(H,30,33)(H,31,34). The van der Waals surface area contributed by atoms with Crippen LogP contribution in [-0.2, 0) is 23.9 Å². The first-order valence-electron chi connectivity index (χ1n) is 10.9. The number of aromatic nitrogens is 2. The van der Waals surface area contributed by atoms with Crippen LogP contribution in [0.25, 0.3) is 10.2 Å². The molecule has 2 N–H and O–H groups in total. The number of fused-ring (bicyclic) bond motifs is 1. The molecule has 36 heavy (non-hydrogen) atoms. The second kappa shape index (κ2) is 9.94. The van der Waals surface area contributed by atoms with Crippen molar-refractivity contribution in [1.29, 1.82) is 0 Å². The Labute approximate surface area is 207 Å². The monoisotopic (exact) mass is 514 g/mol. The molecule has 0 unspecified atom stereocenters. The molecule has 0 spiro atoms. The summed E-state index contributed by atoms with van der Waals surface area (Å²) in [6.07, 6.45) is -2.50. The molecule has 7 nitrogen and oxygen atoms in total. The van der Waals surface area contributed by atoms with E-state index in [9.17, 15) is 27.6 Å². The summed E-state index contributed by atoms with van der Waals surface area (Å²) in [5.41, 5.74) is 0.705. The number of anilines is 2. The molecule has 0 atom stereocenters. The molecule has 4 aromatic rings. The smallest absolute Gasteiger partial charge is 0.325 e. The number of carbonyl (C=O) groups is 2. The molecular formula is C25H21F3N4O3S. The zero-order chi connectivity index (χ0) is 26.0. The molecule has 2 amide bonds. The molecule has 0 radical (unpaired) electrons. The fourth-order valence-electron chi connectivity index (χ4n) is 3.63. The first-order valence-corrected chi connectivity index (χ1v) is 11.7. The van der Waals surface area contributed by atoms with Crippen LogP contribution in [0.3, 0.4) is 0 Å². The maximum atomic E-state index is 13.1. The highest BCUT2D eigenvalue weighted by molar-refractivity contribution is 7.20. The number of halogens is 3. The van der Waals surface area contributed by atoms with E-state index in [1.54, 1.807) is 19.1 Å². The predicted octanol–water partition coefficient (Wildman–Crippen LogP) is 5.24. The molecule has 186 valence electrons. The third-order valence-electron chi connectivity index (χ3n) is 5.53. The Morgan fingerprint density at radius 3 is 2.44 bits per heavy atom. The van der Waals surface area contributed by atoms with Gasteiger partial charge in [0.05, 0.1) is 22.2 Å². The molecule has 11 heteroatoms. The van der Waals surface area contributed by atoms with Gasteiger partial charge in [0.15, 0.2) is 0 Å². The average molecular weight is 515 g/mol. The summed E-state index contributed by atoms with van der Waals surface area (Å²) in [4.78, 5) is 43.2. The van der Waals surface area contributed by atoms with E-state index in [0.717, 1.165) is 40.0 Å². The molecular weight excluding hydrogens is 493 g/mol. The zero-order valence-corrected chi connectivity index (χ0v) is 20.1. The molecule has 2 heterocycles. The Bertz CT molecular complexity index is 1510. The maximum Gasteiger partial charge on any atom is 0.416 e. The topological polar surface area (TPSA) is 93.1 Å². The van der Waals surface area contributed by atoms with E-state index in [4.69, 9.17) is 0 Å². The number of amides is 2. The summed E-state index contributed by atoms with van der Waals surface area (Å²) < 4.78 is 39.8. The quantitative estimate of drug-likeness (QED) is 0.368. The van der Waals surface area contributed by atoms with Gasteiger partial charge in [-0.25, -0.2) is 4.98 Å². The van der Waals surface area contributed by atoms with Gasteiger partial charge in [-0.15, -0.1) is 11.3 Å². The number of nitrogens with one attached hydrogen (secondary N) is 2. The van der Waals surface area contributed by atoms with Gasteiger partial charge >= 0.3 is 6.18 Å². The Morgan fingerprint density at radius 1 is 1.06 bits per heavy atom. The molecule has 0 aliphatic carbocycles. The summed E-state index contributed by atoms with van der Waals surface area (Å²) in [6.45, 7) is 3.20. The van der Waals surface area contributed by atoms with E-state index >= 15 is 0 Å². The van der Waals surface area contributed by atoms with Gasteiger partial charge in [-0.1, -0.05) is 25.1 Å².